The Balaban J connectivity index is 3.11. The molecule has 4 heteroatoms. The topological polar surface area (TPSA) is 58.6 Å². The Labute approximate surface area is 79.2 Å². The predicted molar refractivity (Wildman–Crippen MR) is 49.9 cm³/mol. The molecule has 0 radical (unpaired) electrons. The van der Waals surface area contributed by atoms with E-state index in [1.807, 2.05) is 0 Å². The van der Waals surface area contributed by atoms with E-state index in [2.05, 4.69) is 17.2 Å². The van der Waals surface area contributed by atoms with Gasteiger partial charge in [-0.1, -0.05) is 26.2 Å². The molecular formula is C9H19NO3. The first kappa shape index (κ1) is 12.4. The summed E-state index contributed by atoms with van der Waals surface area (Å²) in [6.07, 6.45) is 4.74. The summed E-state index contributed by atoms with van der Waals surface area (Å²) in [6, 6.07) is 0. The molecular weight excluding hydrogens is 170 g/mol. The van der Waals surface area contributed by atoms with E-state index in [4.69, 9.17) is 5.11 Å². The van der Waals surface area contributed by atoms with E-state index >= 15 is 0 Å². The van der Waals surface area contributed by atoms with Gasteiger partial charge in [-0.3, -0.25) is 4.79 Å². The zero-order valence-electron chi connectivity index (χ0n) is 8.21. The van der Waals surface area contributed by atoms with E-state index in [0.29, 0.717) is 13.0 Å². The summed E-state index contributed by atoms with van der Waals surface area (Å²) in [4.78, 5) is 15.5. The number of hydrogen-bond acceptors (Lipinski definition) is 4. The van der Waals surface area contributed by atoms with Gasteiger partial charge in [0.15, 0.2) is 0 Å². The molecule has 13 heavy (non-hydrogen) atoms. The zero-order valence-corrected chi connectivity index (χ0v) is 8.21. The summed E-state index contributed by atoms with van der Waals surface area (Å²) in [5, 5.41) is 8.37. The van der Waals surface area contributed by atoms with E-state index in [0.717, 1.165) is 25.7 Å². The summed E-state index contributed by atoms with van der Waals surface area (Å²) in [7, 11) is 0. The molecule has 0 atom stereocenters. The SMILES string of the molecule is CCCCCCC(=O)ONCCO. The van der Waals surface area contributed by atoms with Crippen molar-refractivity contribution in [2.75, 3.05) is 13.2 Å². The minimum absolute atomic E-state index is 0.0247. The molecule has 0 saturated carbocycles. The van der Waals surface area contributed by atoms with Gasteiger partial charge in [-0.15, -0.1) is 0 Å². The molecule has 0 unspecified atom stereocenters. The lowest BCUT2D eigenvalue weighted by molar-refractivity contribution is -0.151. The van der Waals surface area contributed by atoms with Gasteiger partial charge in [0.05, 0.1) is 13.2 Å². The highest BCUT2D eigenvalue weighted by molar-refractivity contribution is 5.68. The summed E-state index contributed by atoms with van der Waals surface area (Å²) in [6.45, 7) is 2.39. The van der Waals surface area contributed by atoms with Crippen LogP contribution in [0.25, 0.3) is 0 Å². The molecule has 0 aliphatic rings. The molecule has 0 heterocycles. The standard InChI is InChI=1S/C9H19NO3/c1-2-3-4-5-6-9(12)13-10-7-8-11/h10-11H,2-8H2,1H3. The fourth-order valence-corrected chi connectivity index (χ4v) is 0.924. The Morgan fingerprint density at radius 3 is 2.77 bits per heavy atom. The first-order valence-corrected chi connectivity index (χ1v) is 4.84. The number of unbranched alkanes of at least 4 members (excludes halogenated alkanes) is 3. The Hall–Kier alpha value is -0.610. The normalized spacial score (nSPS) is 10.0. The monoisotopic (exact) mass is 189 g/mol. The molecule has 0 amide bonds. The third kappa shape index (κ3) is 9.30. The van der Waals surface area contributed by atoms with Crippen molar-refractivity contribution in [3.63, 3.8) is 0 Å². The van der Waals surface area contributed by atoms with Gasteiger partial charge in [-0.05, 0) is 6.42 Å². The first-order chi connectivity index (χ1) is 6.31. The lowest BCUT2D eigenvalue weighted by Gasteiger charge is -2.03. The smallest absolute Gasteiger partial charge is 0.324 e. The molecule has 0 bridgehead atoms. The van der Waals surface area contributed by atoms with Gasteiger partial charge in [0.1, 0.15) is 0 Å². The van der Waals surface area contributed by atoms with Gasteiger partial charge >= 0.3 is 5.97 Å². The molecule has 2 N–H and O–H groups in total. The van der Waals surface area contributed by atoms with E-state index < -0.39 is 0 Å². The summed E-state index contributed by atoms with van der Waals surface area (Å²) in [5.74, 6) is -0.246. The number of rotatable bonds is 8. The van der Waals surface area contributed by atoms with Gasteiger partial charge in [0.25, 0.3) is 0 Å². The Bertz CT molecular complexity index is 128. The molecule has 0 saturated heterocycles. The van der Waals surface area contributed by atoms with Crippen molar-refractivity contribution in [1.29, 1.82) is 0 Å². The summed E-state index contributed by atoms with van der Waals surface area (Å²) in [5.41, 5.74) is 2.38. The van der Waals surface area contributed by atoms with Crippen molar-refractivity contribution in [2.45, 2.75) is 39.0 Å². The molecule has 0 aliphatic carbocycles. The van der Waals surface area contributed by atoms with Gasteiger partial charge in [-0.2, -0.15) is 5.48 Å². The maximum Gasteiger partial charge on any atom is 0.324 e. The Morgan fingerprint density at radius 1 is 1.38 bits per heavy atom. The van der Waals surface area contributed by atoms with E-state index in [9.17, 15) is 4.79 Å². The largest absolute Gasteiger partial charge is 0.395 e. The van der Waals surface area contributed by atoms with E-state index in [1.54, 1.807) is 0 Å². The van der Waals surface area contributed by atoms with Crippen LogP contribution in [0.2, 0.25) is 0 Å². The first-order valence-electron chi connectivity index (χ1n) is 4.84. The molecule has 0 fully saturated rings. The maximum atomic E-state index is 10.9. The zero-order chi connectivity index (χ0) is 9.94. The molecule has 0 spiro atoms. The number of hydrogen-bond donors (Lipinski definition) is 2. The van der Waals surface area contributed by atoms with Crippen molar-refractivity contribution in [3.05, 3.63) is 0 Å². The fourth-order valence-electron chi connectivity index (χ4n) is 0.924. The summed E-state index contributed by atoms with van der Waals surface area (Å²) >= 11 is 0. The lowest BCUT2D eigenvalue weighted by atomic mass is 10.2. The predicted octanol–water partition coefficient (Wildman–Crippen LogP) is 0.997. The molecule has 0 aromatic heterocycles. The highest BCUT2D eigenvalue weighted by Crippen LogP contribution is 2.02. The van der Waals surface area contributed by atoms with Crippen LogP contribution in [0.3, 0.4) is 0 Å². The molecule has 0 aliphatic heterocycles. The second-order valence-electron chi connectivity index (χ2n) is 2.90. The highest BCUT2D eigenvalue weighted by atomic mass is 16.7. The van der Waals surface area contributed by atoms with Crippen LogP contribution in [0.1, 0.15) is 39.0 Å². The molecule has 78 valence electrons. The number of aliphatic hydroxyl groups excluding tert-OH is 1. The van der Waals surface area contributed by atoms with Gasteiger partial charge < -0.3 is 9.94 Å². The average Bonchev–Trinajstić information content (AvgIpc) is 2.13. The average molecular weight is 189 g/mol. The quantitative estimate of drug-likeness (QED) is 0.441. The van der Waals surface area contributed by atoms with Crippen LogP contribution >= 0.6 is 0 Å². The van der Waals surface area contributed by atoms with Gasteiger partial charge in [0.2, 0.25) is 0 Å². The van der Waals surface area contributed by atoms with Crippen molar-refractivity contribution in [2.24, 2.45) is 0 Å². The van der Waals surface area contributed by atoms with E-state index in [1.165, 1.54) is 0 Å². The summed E-state index contributed by atoms with van der Waals surface area (Å²) < 4.78 is 0. The minimum Gasteiger partial charge on any atom is -0.395 e. The van der Waals surface area contributed by atoms with Crippen LogP contribution in [0.5, 0.6) is 0 Å². The fraction of sp³-hybridized carbons (Fsp3) is 0.889. The number of nitrogens with one attached hydrogen (secondary N) is 1. The number of carbonyl (C=O) groups excluding carboxylic acids is 1. The van der Waals surface area contributed by atoms with Crippen molar-refractivity contribution >= 4 is 5.97 Å². The van der Waals surface area contributed by atoms with Crippen LogP contribution in [0, 0.1) is 0 Å². The van der Waals surface area contributed by atoms with Crippen molar-refractivity contribution in [3.8, 4) is 0 Å². The third-order valence-electron chi connectivity index (χ3n) is 1.63. The molecule has 0 aromatic carbocycles. The lowest BCUT2D eigenvalue weighted by Crippen LogP contribution is -2.22. The Morgan fingerprint density at radius 2 is 2.15 bits per heavy atom. The molecule has 0 rings (SSSR count). The van der Waals surface area contributed by atoms with Crippen LogP contribution < -0.4 is 5.48 Å². The van der Waals surface area contributed by atoms with Crippen LogP contribution in [0.4, 0.5) is 0 Å². The number of carbonyl (C=O) groups is 1. The van der Waals surface area contributed by atoms with Crippen molar-refractivity contribution in [1.82, 2.24) is 5.48 Å². The third-order valence-corrected chi connectivity index (χ3v) is 1.63. The number of hydroxylamine groups is 1. The van der Waals surface area contributed by atoms with Crippen LogP contribution in [0.15, 0.2) is 0 Å². The van der Waals surface area contributed by atoms with Gasteiger partial charge in [-0.25, -0.2) is 0 Å². The molecule has 0 aromatic rings. The van der Waals surface area contributed by atoms with Crippen molar-refractivity contribution < 1.29 is 14.7 Å². The second-order valence-corrected chi connectivity index (χ2v) is 2.90. The highest BCUT2D eigenvalue weighted by Gasteiger charge is 2.01. The minimum atomic E-state index is -0.246. The second kappa shape index (κ2) is 9.48. The van der Waals surface area contributed by atoms with E-state index in [-0.39, 0.29) is 12.6 Å². The maximum absolute atomic E-state index is 10.9. The Kier molecular flexibility index (Phi) is 9.03. The molecule has 4 nitrogen and oxygen atoms in total. The van der Waals surface area contributed by atoms with Crippen LogP contribution in [-0.2, 0) is 9.63 Å². The number of aliphatic hydroxyl groups is 1. The van der Waals surface area contributed by atoms with Crippen LogP contribution in [-0.4, -0.2) is 24.2 Å². The van der Waals surface area contributed by atoms with Gasteiger partial charge in [0, 0.05) is 6.42 Å².